The lowest BCUT2D eigenvalue weighted by molar-refractivity contribution is -0.146. The van der Waals surface area contributed by atoms with E-state index in [-0.39, 0.29) is 11.9 Å². The largest absolute Gasteiger partial charge is 0.465 e. The first-order valence-corrected chi connectivity index (χ1v) is 6.35. The fraction of sp³-hybridized carbons (Fsp3) is 0.833. The molecule has 6 heteroatoms. The van der Waals surface area contributed by atoms with E-state index in [9.17, 15) is 9.59 Å². The SMILES string of the molecule is CCOC(=O)C(C)NC(C)C(=O)N1CCOCC1. The Morgan fingerprint density at radius 3 is 2.44 bits per heavy atom. The van der Waals surface area contributed by atoms with Gasteiger partial charge in [0.05, 0.1) is 25.9 Å². The number of carbonyl (C=O) groups excluding carboxylic acids is 2. The second-order valence-corrected chi connectivity index (χ2v) is 4.30. The van der Waals surface area contributed by atoms with E-state index in [2.05, 4.69) is 5.32 Å². The predicted molar refractivity (Wildman–Crippen MR) is 66.1 cm³/mol. The van der Waals surface area contributed by atoms with Crippen LogP contribution in [0.1, 0.15) is 20.8 Å². The van der Waals surface area contributed by atoms with Gasteiger partial charge in [0.1, 0.15) is 6.04 Å². The van der Waals surface area contributed by atoms with Crippen molar-refractivity contribution >= 4 is 11.9 Å². The summed E-state index contributed by atoms with van der Waals surface area (Å²) in [6.45, 7) is 7.92. The second kappa shape index (κ2) is 7.33. The summed E-state index contributed by atoms with van der Waals surface area (Å²) in [5.74, 6) is -0.339. The zero-order valence-corrected chi connectivity index (χ0v) is 11.3. The van der Waals surface area contributed by atoms with Crippen molar-refractivity contribution in [3.05, 3.63) is 0 Å². The monoisotopic (exact) mass is 258 g/mol. The molecule has 1 aliphatic heterocycles. The molecule has 18 heavy (non-hydrogen) atoms. The topological polar surface area (TPSA) is 67.9 Å². The number of amides is 1. The molecule has 0 bridgehead atoms. The molecule has 1 heterocycles. The summed E-state index contributed by atoms with van der Waals surface area (Å²) in [6, 6.07) is -0.882. The summed E-state index contributed by atoms with van der Waals surface area (Å²) < 4.78 is 10.1. The maximum absolute atomic E-state index is 12.1. The van der Waals surface area contributed by atoms with Gasteiger partial charge in [0.25, 0.3) is 0 Å². The van der Waals surface area contributed by atoms with Crippen LogP contribution < -0.4 is 5.32 Å². The number of hydrogen-bond acceptors (Lipinski definition) is 5. The van der Waals surface area contributed by atoms with Crippen LogP contribution in [0.25, 0.3) is 0 Å². The lowest BCUT2D eigenvalue weighted by atomic mass is 10.2. The molecule has 104 valence electrons. The Labute approximate surface area is 108 Å². The Morgan fingerprint density at radius 2 is 1.89 bits per heavy atom. The van der Waals surface area contributed by atoms with Crippen molar-refractivity contribution in [2.24, 2.45) is 0 Å². The molecule has 0 aromatic rings. The normalized spacial score (nSPS) is 19.2. The summed E-state index contributed by atoms with van der Waals surface area (Å²) in [5.41, 5.74) is 0. The van der Waals surface area contributed by atoms with Crippen LogP contribution in [0.5, 0.6) is 0 Å². The van der Waals surface area contributed by atoms with Crippen molar-refractivity contribution in [2.45, 2.75) is 32.9 Å². The Bertz CT molecular complexity index is 290. The molecule has 1 saturated heterocycles. The van der Waals surface area contributed by atoms with Crippen LogP contribution in [0.2, 0.25) is 0 Å². The Balaban J connectivity index is 2.40. The van der Waals surface area contributed by atoms with Gasteiger partial charge >= 0.3 is 5.97 Å². The molecule has 1 aliphatic rings. The zero-order chi connectivity index (χ0) is 13.5. The van der Waals surface area contributed by atoms with E-state index in [0.717, 1.165) is 0 Å². The Kier molecular flexibility index (Phi) is 6.07. The van der Waals surface area contributed by atoms with Crippen molar-refractivity contribution in [1.29, 1.82) is 0 Å². The van der Waals surface area contributed by atoms with Crippen molar-refractivity contribution in [1.82, 2.24) is 10.2 Å². The third kappa shape index (κ3) is 4.27. The Morgan fingerprint density at radius 1 is 1.28 bits per heavy atom. The molecular weight excluding hydrogens is 236 g/mol. The molecule has 0 aliphatic carbocycles. The first-order chi connectivity index (χ1) is 8.56. The lowest BCUT2D eigenvalue weighted by Gasteiger charge is -2.30. The smallest absolute Gasteiger partial charge is 0.322 e. The molecular formula is C12H22N2O4. The van der Waals surface area contributed by atoms with Crippen LogP contribution in [0, 0.1) is 0 Å². The van der Waals surface area contributed by atoms with Gasteiger partial charge in [-0.15, -0.1) is 0 Å². The van der Waals surface area contributed by atoms with Crippen LogP contribution >= 0.6 is 0 Å². The van der Waals surface area contributed by atoms with Crippen LogP contribution in [0.15, 0.2) is 0 Å². The summed E-state index contributed by atoms with van der Waals surface area (Å²) in [5, 5.41) is 2.95. The molecule has 0 aromatic heterocycles. The molecule has 1 amide bonds. The maximum Gasteiger partial charge on any atom is 0.322 e. The number of nitrogens with one attached hydrogen (secondary N) is 1. The fourth-order valence-corrected chi connectivity index (χ4v) is 1.84. The number of rotatable bonds is 5. The van der Waals surface area contributed by atoms with Gasteiger partial charge in [-0.2, -0.15) is 0 Å². The van der Waals surface area contributed by atoms with Gasteiger partial charge in [0.15, 0.2) is 0 Å². The van der Waals surface area contributed by atoms with Crippen LogP contribution in [-0.4, -0.2) is 61.8 Å². The maximum atomic E-state index is 12.1. The minimum atomic E-state index is -0.482. The number of morpholine rings is 1. The minimum Gasteiger partial charge on any atom is -0.465 e. The third-order valence-corrected chi connectivity index (χ3v) is 2.83. The van der Waals surface area contributed by atoms with Gasteiger partial charge in [0, 0.05) is 13.1 Å². The molecule has 2 unspecified atom stereocenters. The lowest BCUT2D eigenvalue weighted by Crippen LogP contribution is -2.52. The van der Waals surface area contributed by atoms with E-state index in [0.29, 0.717) is 32.9 Å². The van der Waals surface area contributed by atoms with E-state index in [1.54, 1.807) is 25.7 Å². The van der Waals surface area contributed by atoms with E-state index in [1.807, 2.05) is 0 Å². The minimum absolute atomic E-state index is 0.00514. The van der Waals surface area contributed by atoms with Gasteiger partial charge < -0.3 is 14.4 Å². The van der Waals surface area contributed by atoms with Gasteiger partial charge in [-0.05, 0) is 20.8 Å². The molecule has 0 aromatic carbocycles. The number of nitrogens with zero attached hydrogens (tertiary/aromatic N) is 1. The highest BCUT2D eigenvalue weighted by atomic mass is 16.5. The number of ether oxygens (including phenoxy) is 2. The quantitative estimate of drug-likeness (QED) is 0.690. The number of carbonyl (C=O) groups is 2. The summed E-state index contributed by atoms with van der Waals surface area (Å²) in [6.07, 6.45) is 0. The van der Waals surface area contributed by atoms with Gasteiger partial charge in [0.2, 0.25) is 5.91 Å². The summed E-state index contributed by atoms with van der Waals surface area (Å²) in [4.78, 5) is 25.3. The standard InChI is InChI=1S/C12H22N2O4/c1-4-18-12(16)10(3)13-9(2)11(15)14-5-7-17-8-6-14/h9-10,13H,4-8H2,1-3H3. The molecule has 1 fully saturated rings. The molecule has 0 saturated carbocycles. The number of esters is 1. The third-order valence-electron chi connectivity index (χ3n) is 2.83. The van der Waals surface area contributed by atoms with E-state index in [1.165, 1.54) is 0 Å². The van der Waals surface area contributed by atoms with Gasteiger partial charge in [-0.3, -0.25) is 14.9 Å². The first-order valence-electron chi connectivity index (χ1n) is 6.35. The van der Waals surface area contributed by atoms with E-state index >= 15 is 0 Å². The first kappa shape index (κ1) is 14.9. The number of hydrogen-bond donors (Lipinski definition) is 1. The summed E-state index contributed by atoms with van der Waals surface area (Å²) >= 11 is 0. The van der Waals surface area contributed by atoms with Crippen molar-refractivity contribution in [2.75, 3.05) is 32.9 Å². The molecule has 1 rings (SSSR count). The Hall–Kier alpha value is -1.14. The highest BCUT2D eigenvalue weighted by Crippen LogP contribution is 2.02. The van der Waals surface area contributed by atoms with Crippen LogP contribution in [-0.2, 0) is 19.1 Å². The van der Waals surface area contributed by atoms with Crippen LogP contribution in [0.4, 0.5) is 0 Å². The van der Waals surface area contributed by atoms with E-state index in [4.69, 9.17) is 9.47 Å². The van der Waals surface area contributed by atoms with Crippen LogP contribution in [0.3, 0.4) is 0 Å². The fourth-order valence-electron chi connectivity index (χ4n) is 1.84. The molecule has 2 atom stereocenters. The van der Waals surface area contributed by atoms with Crippen molar-refractivity contribution in [3.63, 3.8) is 0 Å². The highest BCUT2D eigenvalue weighted by Gasteiger charge is 2.25. The molecule has 6 nitrogen and oxygen atoms in total. The summed E-state index contributed by atoms with van der Waals surface area (Å²) in [7, 11) is 0. The highest BCUT2D eigenvalue weighted by molar-refractivity contribution is 5.83. The van der Waals surface area contributed by atoms with E-state index < -0.39 is 12.1 Å². The van der Waals surface area contributed by atoms with Crippen molar-refractivity contribution < 1.29 is 19.1 Å². The predicted octanol–water partition coefficient (Wildman–Crippen LogP) is -0.225. The van der Waals surface area contributed by atoms with Crippen molar-refractivity contribution in [3.8, 4) is 0 Å². The molecule has 0 spiro atoms. The average molecular weight is 258 g/mol. The van der Waals surface area contributed by atoms with Gasteiger partial charge in [-0.1, -0.05) is 0 Å². The average Bonchev–Trinajstić information content (AvgIpc) is 2.39. The molecule has 1 N–H and O–H groups in total. The van der Waals surface area contributed by atoms with Gasteiger partial charge in [-0.25, -0.2) is 0 Å². The zero-order valence-electron chi connectivity index (χ0n) is 11.3. The molecule has 0 radical (unpaired) electrons. The second-order valence-electron chi connectivity index (χ2n) is 4.30.